The van der Waals surface area contributed by atoms with Crippen molar-refractivity contribution < 1.29 is 11.6 Å². The lowest BCUT2D eigenvalue weighted by molar-refractivity contribution is 0.101. The molecule has 0 amide bonds. The molecule has 3 nitrogen and oxygen atoms in total. The van der Waals surface area contributed by atoms with Gasteiger partial charge < -0.3 is 4.74 Å². The lowest BCUT2D eigenvalue weighted by Gasteiger charge is -2.54. The quantitative estimate of drug-likeness (QED) is 0.539. The molecule has 3 aliphatic rings. The van der Waals surface area contributed by atoms with Crippen molar-refractivity contribution in [3.8, 4) is 5.75 Å². The number of nitrogens with zero attached hydrogens (tertiary/aromatic N) is 2. The molecule has 0 N–H and O–H groups in total. The zero-order valence-electron chi connectivity index (χ0n) is 24.4. The fourth-order valence-electron chi connectivity index (χ4n) is 5.49. The molecule has 0 saturated carbocycles. The molecule has 0 saturated heterocycles. The number of aryl methyl sites for hydroxylation is 1. The predicted molar refractivity (Wildman–Crippen MR) is 126 cm³/mol. The molecule has 0 fully saturated rings. The molecular formula is C28H34N2O. The summed E-state index contributed by atoms with van der Waals surface area (Å²) in [6.45, 7) is 12.1. The van der Waals surface area contributed by atoms with Crippen LogP contribution < -0.4 is 4.74 Å². The van der Waals surface area contributed by atoms with Gasteiger partial charge in [-0.25, -0.2) is 0 Å². The second-order valence-electron chi connectivity index (χ2n) is 11.2. The van der Waals surface area contributed by atoms with Gasteiger partial charge in [-0.3, -0.25) is 9.97 Å². The number of hydrogen-bond donors (Lipinski definition) is 0. The van der Waals surface area contributed by atoms with Crippen LogP contribution in [0.15, 0.2) is 42.3 Å². The SMILES string of the molecule is [2H]C([2H])([2H])c1cc2c3c(n1)C(C)(C)C(C)(C)C1C(c4cc(C([2H])([2H])C(C)(C)C)ccn4)=CC=C(O2)C31. The van der Waals surface area contributed by atoms with Gasteiger partial charge in [-0.15, -0.1) is 0 Å². The molecule has 2 aromatic heterocycles. The molecule has 2 aromatic rings. The van der Waals surface area contributed by atoms with Gasteiger partial charge in [0.2, 0.25) is 0 Å². The van der Waals surface area contributed by atoms with E-state index in [1.165, 1.54) is 0 Å². The lowest BCUT2D eigenvalue weighted by Crippen LogP contribution is -2.50. The first kappa shape index (κ1) is 15.4. The summed E-state index contributed by atoms with van der Waals surface area (Å²) >= 11 is 0. The first-order chi connectivity index (χ1) is 16.4. The Hall–Kier alpha value is -2.42. The summed E-state index contributed by atoms with van der Waals surface area (Å²) in [5, 5.41) is 0. The molecule has 2 aliphatic carbocycles. The Kier molecular flexibility index (Phi) is 3.13. The van der Waals surface area contributed by atoms with Gasteiger partial charge in [0.25, 0.3) is 0 Å². The van der Waals surface area contributed by atoms with Crippen molar-refractivity contribution in [2.24, 2.45) is 16.7 Å². The molecular weight excluding hydrogens is 380 g/mol. The van der Waals surface area contributed by atoms with Gasteiger partial charge in [0.05, 0.1) is 17.3 Å². The van der Waals surface area contributed by atoms with Crippen LogP contribution in [0.3, 0.4) is 0 Å². The van der Waals surface area contributed by atoms with E-state index in [9.17, 15) is 0 Å². The van der Waals surface area contributed by atoms with E-state index in [2.05, 4.69) is 27.7 Å². The Balaban J connectivity index is 1.70. The Bertz CT molecular complexity index is 1330. The highest BCUT2D eigenvalue weighted by Gasteiger charge is 2.59. The molecule has 0 aromatic carbocycles. The van der Waals surface area contributed by atoms with Gasteiger partial charge in [0, 0.05) is 41.7 Å². The van der Waals surface area contributed by atoms with Crippen LogP contribution >= 0.6 is 0 Å². The van der Waals surface area contributed by atoms with Gasteiger partial charge in [0.15, 0.2) is 0 Å². The topological polar surface area (TPSA) is 35.0 Å². The minimum absolute atomic E-state index is 0.00934. The van der Waals surface area contributed by atoms with E-state index in [0.717, 1.165) is 28.3 Å². The maximum Gasteiger partial charge on any atom is 0.134 e. The minimum atomic E-state index is -2.33. The summed E-state index contributed by atoms with van der Waals surface area (Å²) in [6.07, 6.45) is 4.16. The molecule has 3 heteroatoms. The van der Waals surface area contributed by atoms with Crippen LogP contribution in [0.1, 0.15) is 89.4 Å². The monoisotopic (exact) mass is 419 g/mol. The summed E-state index contributed by atoms with van der Waals surface area (Å²) in [6, 6.07) is 5.23. The number of pyridine rings is 2. The molecule has 0 spiro atoms. The number of hydrogen-bond acceptors (Lipinski definition) is 3. The summed E-state index contributed by atoms with van der Waals surface area (Å²) in [7, 11) is 0. The summed E-state index contributed by atoms with van der Waals surface area (Å²) in [4.78, 5) is 9.44. The Morgan fingerprint density at radius 2 is 1.94 bits per heavy atom. The van der Waals surface area contributed by atoms with Crippen molar-refractivity contribution >= 4 is 5.57 Å². The van der Waals surface area contributed by atoms with E-state index in [0.29, 0.717) is 11.3 Å². The van der Waals surface area contributed by atoms with E-state index in [1.54, 1.807) is 18.3 Å². The molecule has 5 rings (SSSR count). The maximum atomic E-state index is 8.79. The van der Waals surface area contributed by atoms with Crippen molar-refractivity contribution in [2.45, 2.75) is 73.0 Å². The van der Waals surface area contributed by atoms with Crippen LogP contribution in [0.4, 0.5) is 0 Å². The lowest BCUT2D eigenvalue weighted by atomic mass is 9.48. The highest BCUT2D eigenvalue weighted by molar-refractivity contribution is 5.74. The van der Waals surface area contributed by atoms with Crippen LogP contribution in [0.25, 0.3) is 5.57 Å². The average Bonchev–Trinajstić information content (AvgIpc) is 3.14. The maximum absolute atomic E-state index is 8.79. The molecule has 1 aliphatic heterocycles. The smallest absolute Gasteiger partial charge is 0.134 e. The fraction of sp³-hybridized carbons (Fsp3) is 0.500. The largest absolute Gasteiger partial charge is 0.461 e. The first-order valence-electron chi connectivity index (χ1n) is 13.5. The van der Waals surface area contributed by atoms with Crippen molar-refractivity contribution in [1.29, 1.82) is 0 Å². The second kappa shape index (κ2) is 6.31. The fourth-order valence-corrected chi connectivity index (χ4v) is 5.49. The molecule has 31 heavy (non-hydrogen) atoms. The number of allylic oxidation sites excluding steroid dienone is 4. The highest BCUT2D eigenvalue weighted by atomic mass is 16.5. The van der Waals surface area contributed by atoms with Gasteiger partial charge >= 0.3 is 0 Å². The zero-order valence-corrected chi connectivity index (χ0v) is 19.4. The third-order valence-electron chi connectivity index (χ3n) is 7.52. The van der Waals surface area contributed by atoms with E-state index in [4.69, 9.17) is 21.6 Å². The zero-order chi connectivity index (χ0) is 26.6. The van der Waals surface area contributed by atoms with E-state index in [1.807, 2.05) is 39.0 Å². The van der Waals surface area contributed by atoms with E-state index in [-0.39, 0.29) is 22.9 Å². The summed E-state index contributed by atoms with van der Waals surface area (Å²) < 4.78 is 47.7. The van der Waals surface area contributed by atoms with Crippen LogP contribution in [-0.4, -0.2) is 9.97 Å². The molecule has 2 unspecified atom stereocenters. The van der Waals surface area contributed by atoms with E-state index < -0.39 is 24.1 Å². The third kappa shape index (κ3) is 2.92. The molecule has 2 atom stereocenters. The molecule has 0 bridgehead atoms. The Morgan fingerprint density at radius 3 is 2.65 bits per heavy atom. The van der Waals surface area contributed by atoms with Crippen LogP contribution in [0.5, 0.6) is 5.75 Å². The van der Waals surface area contributed by atoms with Crippen LogP contribution in [0.2, 0.25) is 0 Å². The second-order valence-corrected chi connectivity index (χ2v) is 11.2. The highest BCUT2D eigenvalue weighted by Crippen LogP contribution is 2.66. The van der Waals surface area contributed by atoms with Crippen LogP contribution in [-0.2, 0) is 11.8 Å². The molecule has 3 heterocycles. The average molecular weight is 420 g/mol. The number of ether oxygens (including phenoxy) is 1. The Labute approximate surface area is 193 Å². The summed E-state index contributed by atoms with van der Waals surface area (Å²) in [5.41, 5.74) is 2.83. The van der Waals surface area contributed by atoms with Crippen molar-refractivity contribution in [1.82, 2.24) is 9.97 Å². The number of aromatic nitrogens is 2. The van der Waals surface area contributed by atoms with Gasteiger partial charge in [-0.1, -0.05) is 54.5 Å². The van der Waals surface area contributed by atoms with Gasteiger partial charge in [0.1, 0.15) is 11.5 Å². The van der Waals surface area contributed by atoms with E-state index >= 15 is 0 Å². The van der Waals surface area contributed by atoms with Gasteiger partial charge in [-0.05, 0) is 53.4 Å². The molecule has 162 valence electrons. The standard InChI is InChI=1S/C28H34N2O/c1-16-13-21-23-22-20(31-21)10-9-18(19-14-17(11-12-29-19)15-26(2,3)4)24(22)27(5,6)28(7,8)25(23)30-16/h9-14,22,24H,15H2,1-8H3/i1D3,15D2. The van der Waals surface area contributed by atoms with Crippen molar-refractivity contribution in [2.75, 3.05) is 0 Å². The van der Waals surface area contributed by atoms with Crippen molar-refractivity contribution in [3.63, 3.8) is 0 Å². The molecule has 0 radical (unpaired) electrons. The normalized spacial score (nSPS) is 28.0. The number of rotatable bonds is 2. The predicted octanol–water partition coefficient (Wildman–Crippen LogP) is 6.76. The Morgan fingerprint density at radius 1 is 1.16 bits per heavy atom. The third-order valence-corrected chi connectivity index (χ3v) is 7.52. The minimum Gasteiger partial charge on any atom is -0.461 e. The van der Waals surface area contributed by atoms with Gasteiger partial charge in [-0.2, -0.15) is 0 Å². The first-order valence-corrected chi connectivity index (χ1v) is 11.0. The van der Waals surface area contributed by atoms with Crippen molar-refractivity contribution in [3.05, 3.63) is 70.5 Å². The van der Waals surface area contributed by atoms with Crippen LogP contribution in [0, 0.1) is 23.6 Å². The summed E-state index contributed by atoms with van der Waals surface area (Å²) in [5.74, 6) is 1.27.